The standard InChI is InChI=1S/C19H19ClN4O2/c1-12-10-16(17(26-3)11-15(12)20)23-18-8-9-21-19(24-18)22-13-4-6-14(25-2)7-5-13/h4-11H,1-3H3,(H2,21,22,23,24). The first-order valence-corrected chi connectivity index (χ1v) is 8.32. The predicted octanol–water partition coefficient (Wildman–Crippen LogP) is 4.94. The fourth-order valence-corrected chi connectivity index (χ4v) is 2.51. The van der Waals surface area contributed by atoms with Crippen molar-refractivity contribution in [1.29, 1.82) is 0 Å². The highest BCUT2D eigenvalue weighted by molar-refractivity contribution is 6.31. The first-order chi connectivity index (χ1) is 12.6. The number of hydrogen-bond acceptors (Lipinski definition) is 6. The molecule has 3 aromatic rings. The number of nitrogens with one attached hydrogen (secondary N) is 2. The molecule has 1 heterocycles. The van der Waals surface area contributed by atoms with Crippen LogP contribution in [0, 0.1) is 6.92 Å². The van der Waals surface area contributed by atoms with E-state index in [2.05, 4.69) is 20.6 Å². The van der Waals surface area contributed by atoms with Gasteiger partial charge >= 0.3 is 0 Å². The van der Waals surface area contributed by atoms with Gasteiger partial charge in [-0.05, 0) is 48.9 Å². The Morgan fingerprint density at radius 2 is 1.73 bits per heavy atom. The Kier molecular flexibility index (Phi) is 5.43. The van der Waals surface area contributed by atoms with Gasteiger partial charge in [0.2, 0.25) is 5.95 Å². The van der Waals surface area contributed by atoms with Gasteiger partial charge in [-0.25, -0.2) is 4.98 Å². The van der Waals surface area contributed by atoms with Crippen LogP contribution in [-0.2, 0) is 0 Å². The quantitative estimate of drug-likeness (QED) is 0.640. The van der Waals surface area contributed by atoms with E-state index in [9.17, 15) is 0 Å². The van der Waals surface area contributed by atoms with Crippen molar-refractivity contribution in [2.45, 2.75) is 6.92 Å². The van der Waals surface area contributed by atoms with E-state index in [-0.39, 0.29) is 0 Å². The van der Waals surface area contributed by atoms with Crippen LogP contribution in [0.4, 0.5) is 23.1 Å². The molecule has 0 aliphatic carbocycles. The highest BCUT2D eigenvalue weighted by Crippen LogP contribution is 2.32. The fourth-order valence-electron chi connectivity index (χ4n) is 2.36. The minimum Gasteiger partial charge on any atom is -0.497 e. The van der Waals surface area contributed by atoms with E-state index < -0.39 is 0 Å². The van der Waals surface area contributed by atoms with E-state index in [1.807, 2.05) is 37.3 Å². The van der Waals surface area contributed by atoms with Crippen molar-refractivity contribution in [2.75, 3.05) is 24.9 Å². The van der Waals surface area contributed by atoms with E-state index in [4.69, 9.17) is 21.1 Å². The molecule has 134 valence electrons. The highest BCUT2D eigenvalue weighted by atomic mass is 35.5. The molecule has 2 N–H and O–H groups in total. The summed E-state index contributed by atoms with van der Waals surface area (Å²) in [4.78, 5) is 8.73. The summed E-state index contributed by atoms with van der Waals surface area (Å²) in [7, 11) is 3.23. The van der Waals surface area contributed by atoms with E-state index in [0.717, 1.165) is 22.7 Å². The maximum Gasteiger partial charge on any atom is 0.229 e. The largest absolute Gasteiger partial charge is 0.497 e. The minimum absolute atomic E-state index is 0.477. The number of methoxy groups -OCH3 is 2. The topological polar surface area (TPSA) is 68.3 Å². The molecule has 0 spiro atoms. The summed E-state index contributed by atoms with van der Waals surface area (Å²) in [5.74, 6) is 2.54. The number of hydrogen-bond donors (Lipinski definition) is 2. The molecule has 0 aliphatic rings. The molecule has 2 aromatic carbocycles. The van der Waals surface area contributed by atoms with Crippen molar-refractivity contribution in [3.05, 3.63) is 59.2 Å². The van der Waals surface area contributed by atoms with Gasteiger partial charge in [0.05, 0.1) is 19.9 Å². The van der Waals surface area contributed by atoms with E-state index in [1.165, 1.54) is 0 Å². The summed E-state index contributed by atoms with van der Waals surface area (Å²) in [5, 5.41) is 7.05. The van der Waals surface area contributed by atoms with Crippen LogP contribution in [0.1, 0.15) is 5.56 Å². The molecule has 6 nitrogen and oxygen atoms in total. The van der Waals surface area contributed by atoms with Crippen molar-refractivity contribution >= 4 is 34.7 Å². The second-order valence-electron chi connectivity index (χ2n) is 5.55. The van der Waals surface area contributed by atoms with Crippen LogP contribution < -0.4 is 20.1 Å². The van der Waals surface area contributed by atoms with Crippen molar-refractivity contribution < 1.29 is 9.47 Å². The second kappa shape index (κ2) is 7.93. The Labute approximate surface area is 157 Å². The number of benzene rings is 2. The lowest BCUT2D eigenvalue weighted by atomic mass is 10.2. The molecule has 3 rings (SSSR count). The van der Waals surface area contributed by atoms with Crippen molar-refractivity contribution in [3.8, 4) is 11.5 Å². The molecule has 1 aromatic heterocycles. The Hall–Kier alpha value is -2.99. The van der Waals surface area contributed by atoms with Crippen LogP contribution in [0.2, 0.25) is 5.02 Å². The zero-order valence-electron chi connectivity index (χ0n) is 14.7. The van der Waals surface area contributed by atoms with Crippen LogP contribution in [0.5, 0.6) is 11.5 Å². The first-order valence-electron chi connectivity index (χ1n) is 7.94. The number of aromatic nitrogens is 2. The summed E-state index contributed by atoms with van der Waals surface area (Å²) < 4.78 is 10.5. The Balaban J connectivity index is 1.80. The lowest BCUT2D eigenvalue weighted by molar-refractivity contribution is 0.415. The SMILES string of the molecule is COc1ccc(Nc2nccc(Nc3cc(C)c(Cl)cc3OC)n2)cc1. The number of ether oxygens (including phenoxy) is 2. The van der Waals surface area contributed by atoms with Gasteiger partial charge in [-0.1, -0.05) is 11.6 Å². The summed E-state index contributed by atoms with van der Waals surface area (Å²) in [6.45, 7) is 1.93. The van der Waals surface area contributed by atoms with Crippen molar-refractivity contribution in [3.63, 3.8) is 0 Å². The molecule has 7 heteroatoms. The Morgan fingerprint density at radius 1 is 0.962 bits per heavy atom. The van der Waals surface area contributed by atoms with Crippen LogP contribution >= 0.6 is 11.6 Å². The van der Waals surface area contributed by atoms with Gasteiger partial charge < -0.3 is 20.1 Å². The molecular formula is C19H19ClN4O2. The molecule has 0 atom stereocenters. The monoisotopic (exact) mass is 370 g/mol. The normalized spacial score (nSPS) is 10.3. The smallest absolute Gasteiger partial charge is 0.229 e. The van der Waals surface area contributed by atoms with Crippen LogP contribution in [0.3, 0.4) is 0 Å². The van der Waals surface area contributed by atoms with Crippen molar-refractivity contribution in [2.24, 2.45) is 0 Å². The molecule has 0 fully saturated rings. The average Bonchev–Trinajstić information content (AvgIpc) is 2.65. The Morgan fingerprint density at radius 3 is 2.42 bits per heavy atom. The van der Waals surface area contributed by atoms with Gasteiger partial charge in [-0.2, -0.15) is 4.98 Å². The molecule has 0 unspecified atom stereocenters. The van der Waals surface area contributed by atoms with E-state index in [0.29, 0.717) is 22.5 Å². The molecular weight excluding hydrogens is 352 g/mol. The molecule has 0 aliphatic heterocycles. The zero-order valence-corrected chi connectivity index (χ0v) is 15.5. The van der Waals surface area contributed by atoms with Gasteiger partial charge in [0.25, 0.3) is 0 Å². The van der Waals surface area contributed by atoms with Crippen LogP contribution in [0.15, 0.2) is 48.7 Å². The number of halogens is 1. The molecule has 0 bridgehead atoms. The first kappa shape index (κ1) is 17.8. The third kappa shape index (κ3) is 4.15. The van der Waals surface area contributed by atoms with Gasteiger partial charge in [-0.15, -0.1) is 0 Å². The number of aryl methyl sites for hydroxylation is 1. The van der Waals surface area contributed by atoms with Gasteiger partial charge in [0, 0.05) is 23.0 Å². The zero-order chi connectivity index (χ0) is 18.5. The van der Waals surface area contributed by atoms with E-state index in [1.54, 1.807) is 32.5 Å². The van der Waals surface area contributed by atoms with Crippen LogP contribution in [0.25, 0.3) is 0 Å². The molecule has 0 saturated carbocycles. The van der Waals surface area contributed by atoms with E-state index >= 15 is 0 Å². The predicted molar refractivity (Wildman–Crippen MR) is 104 cm³/mol. The fraction of sp³-hybridized carbons (Fsp3) is 0.158. The number of nitrogens with zero attached hydrogens (tertiary/aromatic N) is 2. The minimum atomic E-state index is 0.477. The lowest BCUT2D eigenvalue weighted by Gasteiger charge is -2.13. The summed E-state index contributed by atoms with van der Waals surface area (Å²) >= 11 is 6.15. The summed E-state index contributed by atoms with van der Waals surface area (Å²) in [6, 6.07) is 13.0. The average molecular weight is 371 g/mol. The second-order valence-corrected chi connectivity index (χ2v) is 5.95. The molecule has 26 heavy (non-hydrogen) atoms. The summed E-state index contributed by atoms with van der Waals surface area (Å²) in [5.41, 5.74) is 2.59. The molecule has 0 radical (unpaired) electrons. The third-order valence-corrected chi connectivity index (χ3v) is 4.15. The maximum absolute atomic E-state index is 6.15. The lowest BCUT2D eigenvalue weighted by Crippen LogP contribution is -2.01. The van der Waals surface area contributed by atoms with Gasteiger partial charge in [0.15, 0.2) is 0 Å². The highest BCUT2D eigenvalue weighted by Gasteiger charge is 2.09. The maximum atomic E-state index is 6.15. The van der Waals surface area contributed by atoms with Gasteiger partial charge in [0.1, 0.15) is 17.3 Å². The summed E-state index contributed by atoms with van der Waals surface area (Å²) in [6.07, 6.45) is 1.68. The third-order valence-electron chi connectivity index (χ3n) is 3.75. The molecule has 0 amide bonds. The van der Waals surface area contributed by atoms with Crippen LogP contribution in [-0.4, -0.2) is 24.2 Å². The van der Waals surface area contributed by atoms with Crippen molar-refractivity contribution in [1.82, 2.24) is 9.97 Å². The van der Waals surface area contributed by atoms with Gasteiger partial charge in [-0.3, -0.25) is 0 Å². The number of anilines is 4. The Bertz CT molecular complexity index is 901. The molecule has 0 saturated heterocycles. The number of rotatable bonds is 6.